The van der Waals surface area contributed by atoms with E-state index in [4.69, 9.17) is 9.90 Å². The summed E-state index contributed by atoms with van der Waals surface area (Å²) in [6.07, 6.45) is 1.25. The van der Waals surface area contributed by atoms with Crippen molar-refractivity contribution in [1.29, 1.82) is 0 Å². The van der Waals surface area contributed by atoms with E-state index in [1.165, 1.54) is 23.1 Å². The third-order valence-corrected chi connectivity index (χ3v) is 2.16. The lowest BCUT2D eigenvalue weighted by Gasteiger charge is -2.00. The van der Waals surface area contributed by atoms with Crippen molar-refractivity contribution in [2.75, 3.05) is 0 Å². The molecule has 21 heavy (non-hydrogen) atoms. The molecule has 2 aromatic rings. The molecule has 0 radical (unpaired) electrons. The lowest BCUT2D eigenvalue weighted by atomic mass is 10.0. The summed E-state index contributed by atoms with van der Waals surface area (Å²) in [6, 6.07) is 19.0. The van der Waals surface area contributed by atoms with Crippen LogP contribution in [0, 0.1) is 6.92 Å². The molecule has 1 N–H and O–H groups in total. The smallest absolute Gasteiger partial charge is 0.290 e. The van der Waals surface area contributed by atoms with Crippen LogP contribution in [0.1, 0.15) is 39.7 Å². The number of carbonyl (C=O) groups is 1. The molecule has 0 amide bonds. The average molecular weight is 288 g/mol. The van der Waals surface area contributed by atoms with Gasteiger partial charge in [-0.3, -0.25) is 4.79 Å². The van der Waals surface area contributed by atoms with Crippen molar-refractivity contribution in [3.63, 3.8) is 0 Å². The Kier molecular flexibility index (Phi) is 16.1. The normalized spacial score (nSPS) is 7.86. The summed E-state index contributed by atoms with van der Waals surface area (Å²) >= 11 is 0. The van der Waals surface area contributed by atoms with Crippen LogP contribution in [0.25, 0.3) is 11.1 Å². The van der Waals surface area contributed by atoms with Gasteiger partial charge < -0.3 is 5.11 Å². The molecular formula is C19H28O2. The Morgan fingerprint density at radius 2 is 1.19 bits per heavy atom. The zero-order valence-corrected chi connectivity index (χ0v) is 13.8. The molecule has 0 aliphatic carbocycles. The highest BCUT2D eigenvalue weighted by Gasteiger charge is 1.93. The summed E-state index contributed by atoms with van der Waals surface area (Å²) in [5.41, 5.74) is 3.87. The maximum Gasteiger partial charge on any atom is 0.290 e. The second-order valence-electron chi connectivity index (χ2n) is 4.04. The first kappa shape index (κ1) is 21.2. The van der Waals surface area contributed by atoms with Gasteiger partial charge in [0.05, 0.1) is 0 Å². The van der Waals surface area contributed by atoms with Gasteiger partial charge in [0.2, 0.25) is 0 Å². The van der Waals surface area contributed by atoms with Gasteiger partial charge in [0.1, 0.15) is 0 Å². The Labute approximate surface area is 129 Å². The standard InChI is InChI=1S/C13H12.C3H8.C2H6.CH2O2/c1-11-7-9-13(10-8-11)12-5-3-2-4-6-12;1-3-2;1-2;2-1-3/h2-10H,1H3;3H2,1-2H3;1-2H3;1H,(H,2,3). The van der Waals surface area contributed by atoms with Crippen LogP contribution in [-0.4, -0.2) is 11.6 Å². The maximum atomic E-state index is 8.36. The Morgan fingerprint density at radius 3 is 1.57 bits per heavy atom. The van der Waals surface area contributed by atoms with E-state index in [-0.39, 0.29) is 6.47 Å². The minimum Gasteiger partial charge on any atom is -0.483 e. The molecule has 0 aliphatic heterocycles. The second-order valence-corrected chi connectivity index (χ2v) is 4.04. The molecule has 0 atom stereocenters. The fraction of sp³-hybridized carbons (Fsp3) is 0.316. The summed E-state index contributed by atoms with van der Waals surface area (Å²) in [5, 5.41) is 6.89. The van der Waals surface area contributed by atoms with Gasteiger partial charge in [0.25, 0.3) is 6.47 Å². The first-order chi connectivity index (χ1) is 10.2. The average Bonchev–Trinajstić information content (AvgIpc) is 2.52. The largest absolute Gasteiger partial charge is 0.483 e. The zero-order valence-electron chi connectivity index (χ0n) is 13.8. The van der Waals surface area contributed by atoms with Crippen LogP contribution >= 0.6 is 0 Å². The number of hydrogen-bond donors (Lipinski definition) is 1. The summed E-state index contributed by atoms with van der Waals surface area (Å²) in [7, 11) is 0. The van der Waals surface area contributed by atoms with Crippen LogP contribution in [0.4, 0.5) is 0 Å². The number of aryl methyl sites for hydroxylation is 1. The predicted octanol–water partition coefficient (Wildman–Crippen LogP) is 5.81. The third kappa shape index (κ3) is 11.4. The third-order valence-electron chi connectivity index (χ3n) is 2.16. The van der Waals surface area contributed by atoms with Crippen molar-refractivity contribution in [2.45, 2.75) is 41.0 Å². The first-order valence-electron chi connectivity index (χ1n) is 7.39. The van der Waals surface area contributed by atoms with Gasteiger partial charge in [-0.15, -0.1) is 0 Å². The van der Waals surface area contributed by atoms with E-state index in [1.807, 2.05) is 19.9 Å². The molecule has 2 rings (SSSR count). The second kappa shape index (κ2) is 16.0. The lowest BCUT2D eigenvalue weighted by Crippen LogP contribution is -1.76. The van der Waals surface area contributed by atoms with Gasteiger partial charge in [0, 0.05) is 0 Å². The molecule has 0 heterocycles. The molecule has 116 valence electrons. The van der Waals surface area contributed by atoms with Crippen LogP contribution < -0.4 is 0 Å². The molecule has 0 unspecified atom stereocenters. The van der Waals surface area contributed by atoms with Gasteiger partial charge in [-0.2, -0.15) is 0 Å². The number of hydrogen-bond acceptors (Lipinski definition) is 1. The Hall–Kier alpha value is -2.09. The molecule has 0 spiro atoms. The number of rotatable bonds is 1. The Bertz CT molecular complexity index is 433. The van der Waals surface area contributed by atoms with E-state index in [0.29, 0.717) is 0 Å². The van der Waals surface area contributed by atoms with E-state index in [9.17, 15) is 0 Å². The van der Waals surface area contributed by atoms with Gasteiger partial charge >= 0.3 is 0 Å². The SMILES string of the molecule is CC.CCC.Cc1ccc(-c2ccccc2)cc1.O=CO. The predicted molar refractivity (Wildman–Crippen MR) is 92.6 cm³/mol. The van der Waals surface area contributed by atoms with Crippen molar-refractivity contribution in [2.24, 2.45) is 0 Å². The Balaban J connectivity index is 0. The van der Waals surface area contributed by atoms with Crippen LogP contribution in [0.2, 0.25) is 0 Å². The van der Waals surface area contributed by atoms with Crippen LogP contribution in [0.15, 0.2) is 54.6 Å². The van der Waals surface area contributed by atoms with Crippen LogP contribution in [0.5, 0.6) is 0 Å². The minimum atomic E-state index is -0.250. The van der Waals surface area contributed by atoms with E-state index >= 15 is 0 Å². The number of benzene rings is 2. The minimum absolute atomic E-state index is 0.250. The van der Waals surface area contributed by atoms with Crippen molar-refractivity contribution >= 4 is 6.47 Å². The highest BCUT2D eigenvalue weighted by atomic mass is 16.3. The fourth-order valence-electron chi connectivity index (χ4n) is 1.38. The highest BCUT2D eigenvalue weighted by molar-refractivity contribution is 5.63. The monoisotopic (exact) mass is 288 g/mol. The van der Waals surface area contributed by atoms with Crippen molar-refractivity contribution in [1.82, 2.24) is 0 Å². The van der Waals surface area contributed by atoms with Crippen LogP contribution in [0.3, 0.4) is 0 Å². The highest BCUT2D eigenvalue weighted by Crippen LogP contribution is 2.18. The van der Waals surface area contributed by atoms with Crippen molar-refractivity contribution in [3.8, 4) is 11.1 Å². The maximum absolute atomic E-state index is 8.36. The molecule has 0 fully saturated rings. The first-order valence-corrected chi connectivity index (χ1v) is 7.39. The van der Waals surface area contributed by atoms with Gasteiger partial charge in [0.15, 0.2) is 0 Å². The molecule has 2 heteroatoms. The molecule has 0 aromatic heterocycles. The van der Waals surface area contributed by atoms with Crippen molar-refractivity contribution in [3.05, 3.63) is 60.2 Å². The van der Waals surface area contributed by atoms with Gasteiger partial charge in [-0.1, -0.05) is 94.3 Å². The van der Waals surface area contributed by atoms with E-state index in [0.717, 1.165) is 0 Å². The van der Waals surface area contributed by atoms with Gasteiger partial charge in [-0.25, -0.2) is 0 Å². The molecular weight excluding hydrogens is 260 g/mol. The molecule has 0 saturated heterocycles. The topological polar surface area (TPSA) is 37.3 Å². The van der Waals surface area contributed by atoms with E-state index in [2.05, 4.69) is 69.3 Å². The quantitative estimate of drug-likeness (QED) is 0.673. The molecule has 0 saturated carbocycles. The molecule has 0 aliphatic rings. The molecule has 2 nitrogen and oxygen atoms in total. The Morgan fingerprint density at radius 1 is 0.857 bits per heavy atom. The van der Waals surface area contributed by atoms with E-state index in [1.54, 1.807) is 0 Å². The molecule has 2 aromatic carbocycles. The van der Waals surface area contributed by atoms with Crippen LogP contribution in [-0.2, 0) is 4.79 Å². The lowest BCUT2D eigenvalue weighted by molar-refractivity contribution is -0.122. The summed E-state index contributed by atoms with van der Waals surface area (Å²) in [6.45, 7) is 10.1. The fourth-order valence-corrected chi connectivity index (χ4v) is 1.38. The number of carboxylic acid groups (broad SMARTS) is 1. The van der Waals surface area contributed by atoms with E-state index < -0.39 is 0 Å². The summed E-state index contributed by atoms with van der Waals surface area (Å²) < 4.78 is 0. The summed E-state index contributed by atoms with van der Waals surface area (Å²) in [4.78, 5) is 8.36. The molecule has 0 bridgehead atoms. The zero-order chi connectivity index (χ0) is 16.5. The van der Waals surface area contributed by atoms with Gasteiger partial charge in [-0.05, 0) is 18.1 Å². The van der Waals surface area contributed by atoms with Crippen molar-refractivity contribution < 1.29 is 9.90 Å². The summed E-state index contributed by atoms with van der Waals surface area (Å²) in [5.74, 6) is 0.